The molecule has 2 nitrogen and oxygen atoms in total. The van der Waals surface area contributed by atoms with Crippen LogP contribution in [0.4, 0.5) is 0 Å². The second-order valence-electron chi connectivity index (χ2n) is 2.20. The minimum absolute atomic E-state index is 0.672. The second kappa shape index (κ2) is 2.70. The molecule has 0 spiro atoms. The first-order valence-electron chi connectivity index (χ1n) is 3.42. The summed E-state index contributed by atoms with van der Waals surface area (Å²) in [5.41, 5.74) is 1.01. The Labute approximate surface area is 65.1 Å². The van der Waals surface area contributed by atoms with Crippen LogP contribution in [0.1, 0.15) is 0 Å². The van der Waals surface area contributed by atoms with Gasteiger partial charge in [0.05, 0.1) is 0 Å². The molecule has 0 amide bonds. The van der Waals surface area contributed by atoms with Gasteiger partial charge in [-0.05, 0) is 0 Å². The second-order valence-corrected chi connectivity index (χ2v) is 2.20. The Morgan fingerprint density at radius 1 is 1.36 bits per heavy atom. The molecule has 0 fully saturated rings. The van der Waals surface area contributed by atoms with Gasteiger partial charge in [0.25, 0.3) is 0 Å². The molecule has 0 unspecified atom stereocenters. The fourth-order valence-electron chi connectivity index (χ4n) is 0.947. The molecule has 2 aromatic heterocycles. The van der Waals surface area contributed by atoms with Crippen molar-refractivity contribution in [3.8, 4) is 11.3 Å². The van der Waals surface area contributed by atoms with Gasteiger partial charge >= 0.3 is 64.3 Å². The van der Waals surface area contributed by atoms with Crippen molar-refractivity contribution in [3.63, 3.8) is 0 Å². The summed E-state index contributed by atoms with van der Waals surface area (Å²) >= 11 is 0. The zero-order valence-electron chi connectivity index (χ0n) is 5.90. The van der Waals surface area contributed by atoms with Crippen molar-refractivity contribution in [1.29, 1.82) is 0 Å². The summed E-state index contributed by atoms with van der Waals surface area (Å²) in [6.45, 7) is 1.96. The number of rotatable bonds is 1. The molecule has 0 atom stereocenters. The molecule has 0 N–H and O–H groups in total. The van der Waals surface area contributed by atoms with Gasteiger partial charge in [-0.3, -0.25) is 0 Å². The van der Waals surface area contributed by atoms with Gasteiger partial charge in [-0.15, -0.1) is 0 Å². The molecular formula is C8H6BNO. The third-order valence-electron chi connectivity index (χ3n) is 1.45. The third kappa shape index (κ3) is 1.22. The Morgan fingerprint density at radius 2 is 2.36 bits per heavy atom. The van der Waals surface area contributed by atoms with E-state index < -0.39 is 0 Å². The zero-order chi connectivity index (χ0) is 7.52. The van der Waals surface area contributed by atoms with Crippen LogP contribution < -0.4 is 0 Å². The van der Waals surface area contributed by atoms with Crippen LogP contribution in [-0.4, -0.2) is 11.9 Å². The number of oxazole rings is 1. The van der Waals surface area contributed by atoms with Crippen LogP contribution in [0.25, 0.3) is 11.3 Å². The van der Waals surface area contributed by atoms with Gasteiger partial charge in [-0.25, -0.2) is 0 Å². The van der Waals surface area contributed by atoms with Gasteiger partial charge in [-0.1, -0.05) is 0 Å². The summed E-state index contributed by atoms with van der Waals surface area (Å²) in [6.07, 6.45) is 3.21. The van der Waals surface area contributed by atoms with E-state index in [1.54, 1.807) is 12.5 Å². The fraction of sp³-hybridized carbons (Fsp3) is 0. The summed E-state index contributed by atoms with van der Waals surface area (Å²) < 4.78 is 5.11. The molecular weight excluding hydrogens is 137 g/mol. The van der Waals surface area contributed by atoms with Gasteiger partial charge in [0, 0.05) is 0 Å². The maximum absolute atomic E-state index is 5.11. The number of hydrogen-bond donors (Lipinski definition) is 0. The summed E-state index contributed by atoms with van der Waals surface area (Å²) in [7, 11) is 0. The minimum atomic E-state index is 0.672. The third-order valence-corrected chi connectivity index (χ3v) is 1.45. The molecule has 0 aromatic carbocycles. The number of aromatic nitrogens is 1. The number of nitrogens with zero attached hydrogens (tertiary/aromatic N) is 1. The van der Waals surface area contributed by atoms with E-state index in [0.29, 0.717) is 5.89 Å². The molecule has 2 rings (SSSR count). The van der Waals surface area contributed by atoms with Crippen LogP contribution in [0.5, 0.6) is 0 Å². The molecule has 2 aromatic rings. The first-order valence-corrected chi connectivity index (χ1v) is 3.42. The predicted octanol–water partition coefficient (Wildman–Crippen LogP) is 1.68. The molecule has 0 radical (unpaired) electrons. The zero-order valence-corrected chi connectivity index (χ0v) is 5.90. The monoisotopic (exact) mass is 143 g/mol. The topological polar surface area (TPSA) is 26.0 Å². The van der Waals surface area contributed by atoms with E-state index in [4.69, 9.17) is 4.42 Å². The van der Waals surface area contributed by atoms with Crippen LogP contribution in [-0.2, 0) is 0 Å². The van der Waals surface area contributed by atoms with Crippen LogP contribution in [0.3, 0.4) is 0 Å². The molecule has 0 aliphatic carbocycles. The van der Waals surface area contributed by atoms with E-state index >= 15 is 0 Å². The van der Waals surface area contributed by atoms with E-state index in [-0.39, 0.29) is 0 Å². The van der Waals surface area contributed by atoms with Crippen molar-refractivity contribution in [2.45, 2.75) is 0 Å². The SMILES string of the molecule is b1ccccc1-c1ncco1. The fourth-order valence-corrected chi connectivity index (χ4v) is 0.947. The summed E-state index contributed by atoms with van der Waals surface area (Å²) in [5.74, 6) is 2.63. The quantitative estimate of drug-likeness (QED) is 0.606. The van der Waals surface area contributed by atoms with E-state index in [0.717, 1.165) is 5.46 Å². The molecule has 52 valence electrons. The van der Waals surface area contributed by atoms with Crippen LogP contribution >= 0.6 is 0 Å². The van der Waals surface area contributed by atoms with Gasteiger partial charge < -0.3 is 0 Å². The predicted molar refractivity (Wildman–Crippen MR) is 43.3 cm³/mol. The Balaban J connectivity index is 2.46. The van der Waals surface area contributed by atoms with Gasteiger partial charge in [-0.2, -0.15) is 0 Å². The summed E-state index contributed by atoms with van der Waals surface area (Å²) in [5, 5.41) is 0. The Bertz CT molecular complexity index is 317. The summed E-state index contributed by atoms with van der Waals surface area (Å²) in [4.78, 5) is 4.02. The van der Waals surface area contributed by atoms with Crippen molar-refractivity contribution in [2.75, 3.05) is 0 Å². The Kier molecular flexibility index (Phi) is 1.56. The van der Waals surface area contributed by atoms with Crippen molar-refractivity contribution < 1.29 is 4.42 Å². The van der Waals surface area contributed by atoms with Gasteiger partial charge in [0.15, 0.2) is 0 Å². The van der Waals surface area contributed by atoms with Crippen LogP contribution in [0.2, 0.25) is 0 Å². The van der Waals surface area contributed by atoms with Crippen LogP contribution in [0.15, 0.2) is 41.0 Å². The van der Waals surface area contributed by atoms with Crippen molar-refractivity contribution in [3.05, 3.63) is 36.6 Å². The van der Waals surface area contributed by atoms with Gasteiger partial charge in [0.2, 0.25) is 0 Å². The molecule has 11 heavy (non-hydrogen) atoms. The molecule has 0 aliphatic rings. The van der Waals surface area contributed by atoms with Crippen molar-refractivity contribution >= 4 is 6.91 Å². The molecule has 0 saturated heterocycles. The van der Waals surface area contributed by atoms with E-state index in [1.165, 1.54) is 0 Å². The Morgan fingerprint density at radius 3 is 3.00 bits per heavy atom. The normalized spacial score (nSPS) is 9.45. The first-order chi connectivity index (χ1) is 5.47. The molecule has 0 bridgehead atoms. The van der Waals surface area contributed by atoms with E-state index in [2.05, 4.69) is 4.98 Å². The summed E-state index contributed by atoms with van der Waals surface area (Å²) in [6, 6.07) is 5.89. The van der Waals surface area contributed by atoms with E-state index in [1.807, 2.05) is 31.1 Å². The molecule has 0 saturated carbocycles. The average Bonchev–Trinajstić information content (AvgIpc) is 2.58. The van der Waals surface area contributed by atoms with Gasteiger partial charge in [0.1, 0.15) is 0 Å². The Hall–Kier alpha value is -1.38. The molecule has 3 heteroatoms. The standard InChI is InChI=1S/C8H6BNO/c1-2-4-9-7(3-1)8-10-5-6-11-8/h1-6H. The van der Waals surface area contributed by atoms with Crippen LogP contribution in [0, 0.1) is 0 Å². The first kappa shape index (κ1) is 6.34. The van der Waals surface area contributed by atoms with E-state index in [9.17, 15) is 0 Å². The number of hydrogen-bond acceptors (Lipinski definition) is 2. The average molecular weight is 143 g/mol. The molecule has 2 heterocycles. The van der Waals surface area contributed by atoms with Crippen molar-refractivity contribution in [1.82, 2.24) is 4.98 Å². The maximum atomic E-state index is 5.11. The van der Waals surface area contributed by atoms with Crippen molar-refractivity contribution in [2.24, 2.45) is 0 Å². The molecule has 0 aliphatic heterocycles.